The highest BCUT2D eigenvalue weighted by atomic mass is 19.4. The number of morpholine rings is 1. The molecule has 3 atom stereocenters. The van der Waals surface area contributed by atoms with E-state index in [0.717, 1.165) is 30.5 Å². The molecule has 0 bridgehead atoms. The molecule has 0 N–H and O–H groups in total. The molecule has 2 amide bonds. The van der Waals surface area contributed by atoms with Gasteiger partial charge in [-0.3, -0.25) is 9.69 Å². The second kappa shape index (κ2) is 9.75. The van der Waals surface area contributed by atoms with Gasteiger partial charge in [0, 0.05) is 45.0 Å². The number of fused-ring (bicyclic) bond motifs is 1. The Morgan fingerprint density at radius 3 is 2.51 bits per heavy atom. The fraction of sp³-hybridized carbons (Fsp3) is 0.577. The summed E-state index contributed by atoms with van der Waals surface area (Å²) >= 11 is 0. The maximum Gasteiger partial charge on any atom is 0.416 e. The molecule has 3 fully saturated rings. The number of ether oxygens (including phenoxy) is 1. The van der Waals surface area contributed by atoms with Crippen molar-refractivity contribution in [2.45, 2.75) is 38.5 Å². The lowest BCUT2D eigenvalue weighted by Gasteiger charge is -2.28. The van der Waals surface area contributed by atoms with E-state index < -0.39 is 11.7 Å². The molecule has 0 unspecified atom stereocenters. The second-order valence-corrected chi connectivity index (χ2v) is 10.8. The van der Waals surface area contributed by atoms with Gasteiger partial charge in [0.05, 0.1) is 30.5 Å². The molecule has 3 heterocycles. The average Bonchev–Trinajstić information content (AvgIpc) is 3.56. The summed E-state index contributed by atoms with van der Waals surface area (Å²) < 4.78 is 45.1. The molecule has 11 heteroatoms. The summed E-state index contributed by atoms with van der Waals surface area (Å²) in [6.07, 6.45) is 0.439. The molecule has 5 rings (SSSR count). The van der Waals surface area contributed by atoms with Crippen LogP contribution < -0.4 is 0 Å². The van der Waals surface area contributed by atoms with Crippen LogP contribution in [0.3, 0.4) is 0 Å². The molecule has 37 heavy (non-hydrogen) atoms. The highest BCUT2D eigenvalue weighted by molar-refractivity contribution is 5.94. The van der Waals surface area contributed by atoms with Crippen molar-refractivity contribution >= 4 is 11.9 Å². The van der Waals surface area contributed by atoms with Crippen LogP contribution in [0.15, 0.2) is 36.7 Å². The van der Waals surface area contributed by atoms with Crippen LogP contribution in [-0.4, -0.2) is 88.9 Å². The molecule has 8 nitrogen and oxygen atoms in total. The van der Waals surface area contributed by atoms with Crippen LogP contribution in [0.2, 0.25) is 0 Å². The van der Waals surface area contributed by atoms with Gasteiger partial charge in [-0.1, -0.05) is 19.1 Å². The standard InChI is InChI=1S/C26H32F3N5O3/c1-25-12-22(31(2)14-18-3-5-20(6-4-18)26(27,28)29)11-21(25)16-33(17-25)24(36)34-15-19(13-30-34)23(35)32-7-9-37-10-8-32/h3-6,13,15,21-22H,7-12,14,16-17H2,1-2H3/t21-,22-,25+/m1/s1. The molecule has 2 aliphatic heterocycles. The van der Waals surface area contributed by atoms with E-state index in [1.165, 1.54) is 17.1 Å². The number of carbonyl (C=O) groups excluding carboxylic acids is 2. The van der Waals surface area contributed by atoms with Gasteiger partial charge in [-0.05, 0) is 48.9 Å². The Labute approximate surface area is 213 Å². The van der Waals surface area contributed by atoms with Gasteiger partial charge in [0.15, 0.2) is 0 Å². The first-order valence-electron chi connectivity index (χ1n) is 12.6. The smallest absolute Gasteiger partial charge is 0.378 e. The molecule has 0 radical (unpaired) electrons. The number of hydrogen-bond donors (Lipinski definition) is 0. The van der Waals surface area contributed by atoms with Gasteiger partial charge in [-0.25, -0.2) is 4.79 Å². The largest absolute Gasteiger partial charge is 0.416 e. The van der Waals surface area contributed by atoms with E-state index in [2.05, 4.69) is 16.9 Å². The molecule has 2 saturated heterocycles. The van der Waals surface area contributed by atoms with Gasteiger partial charge in [0.1, 0.15) is 0 Å². The number of hydrogen-bond acceptors (Lipinski definition) is 5. The highest BCUT2D eigenvalue weighted by Crippen LogP contribution is 2.50. The quantitative estimate of drug-likeness (QED) is 0.618. The average molecular weight is 520 g/mol. The van der Waals surface area contributed by atoms with E-state index in [4.69, 9.17) is 4.74 Å². The van der Waals surface area contributed by atoms with Crippen molar-refractivity contribution in [1.82, 2.24) is 24.5 Å². The molecule has 2 aromatic rings. The van der Waals surface area contributed by atoms with E-state index in [9.17, 15) is 22.8 Å². The maximum atomic E-state index is 13.2. The van der Waals surface area contributed by atoms with Crippen LogP contribution in [0.25, 0.3) is 0 Å². The predicted molar refractivity (Wildman–Crippen MR) is 129 cm³/mol. The van der Waals surface area contributed by atoms with E-state index in [1.54, 1.807) is 17.0 Å². The van der Waals surface area contributed by atoms with Gasteiger partial charge in [0.2, 0.25) is 0 Å². The zero-order chi connectivity index (χ0) is 26.4. The molecule has 0 spiro atoms. The summed E-state index contributed by atoms with van der Waals surface area (Å²) in [5, 5.41) is 4.17. The van der Waals surface area contributed by atoms with Crippen LogP contribution in [0.1, 0.15) is 41.3 Å². The highest BCUT2D eigenvalue weighted by Gasteiger charge is 2.51. The van der Waals surface area contributed by atoms with Crippen molar-refractivity contribution in [3.63, 3.8) is 0 Å². The maximum absolute atomic E-state index is 13.2. The number of carbonyl (C=O) groups is 2. The number of alkyl halides is 3. The number of rotatable bonds is 4. The summed E-state index contributed by atoms with van der Waals surface area (Å²) in [6, 6.07) is 5.40. The van der Waals surface area contributed by atoms with E-state index in [1.807, 2.05) is 11.9 Å². The lowest BCUT2D eigenvalue weighted by Crippen LogP contribution is -2.40. The fourth-order valence-corrected chi connectivity index (χ4v) is 5.99. The third-order valence-corrected chi connectivity index (χ3v) is 8.17. The van der Waals surface area contributed by atoms with Crippen molar-refractivity contribution in [2.75, 3.05) is 46.4 Å². The molecular formula is C26H32F3N5O3. The van der Waals surface area contributed by atoms with Crippen LogP contribution in [-0.2, 0) is 17.5 Å². The van der Waals surface area contributed by atoms with Gasteiger partial charge in [-0.15, -0.1) is 0 Å². The van der Waals surface area contributed by atoms with E-state index in [0.29, 0.717) is 57.4 Å². The number of benzene rings is 1. The number of likely N-dealkylation sites (tertiary alicyclic amines) is 1. The Balaban J connectivity index is 1.17. The molecular weight excluding hydrogens is 487 g/mol. The van der Waals surface area contributed by atoms with Crippen LogP contribution in [0.4, 0.5) is 18.0 Å². The summed E-state index contributed by atoms with van der Waals surface area (Å²) in [6.45, 7) is 6.06. The third-order valence-electron chi connectivity index (χ3n) is 8.17. The van der Waals surface area contributed by atoms with E-state index in [-0.39, 0.29) is 23.4 Å². The van der Waals surface area contributed by atoms with Gasteiger partial charge in [-0.2, -0.15) is 23.0 Å². The fourth-order valence-electron chi connectivity index (χ4n) is 5.99. The topological polar surface area (TPSA) is 70.9 Å². The Morgan fingerprint density at radius 1 is 1.16 bits per heavy atom. The lowest BCUT2D eigenvalue weighted by atomic mass is 9.83. The number of nitrogens with zero attached hydrogens (tertiary/aromatic N) is 5. The molecule has 1 aromatic heterocycles. The Morgan fingerprint density at radius 2 is 1.86 bits per heavy atom. The SMILES string of the molecule is CN(Cc1ccc(C(F)(F)F)cc1)[C@@H]1C[C@@H]2CN(C(=O)n3cc(C(=O)N4CCOCC4)cn3)C[C@]2(C)C1. The molecule has 1 aliphatic carbocycles. The first-order chi connectivity index (χ1) is 17.5. The summed E-state index contributed by atoms with van der Waals surface area (Å²) in [5.41, 5.74) is 0.552. The third kappa shape index (κ3) is 5.24. The zero-order valence-corrected chi connectivity index (χ0v) is 21.1. The van der Waals surface area contributed by atoms with Gasteiger partial charge < -0.3 is 14.5 Å². The molecule has 200 valence electrons. The van der Waals surface area contributed by atoms with Crippen LogP contribution in [0.5, 0.6) is 0 Å². The number of aromatic nitrogens is 2. The minimum atomic E-state index is -4.33. The van der Waals surface area contributed by atoms with Crippen molar-refractivity contribution in [2.24, 2.45) is 11.3 Å². The Kier molecular flexibility index (Phi) is 6.78. The second-order valence-electron chi connectivity index (χ2n) is 10.8. The molecule has 3 aliphatic rings. The zero-order valence-electron chi connectivity index (χ0n) is 21.1. The van der Waals surface area contributed by atoms with E-state index >= 15 is 0 Å². The lowest BCUT2D eigenvalue weighted by molar-refractivity contribution is -0.137. The first-order valence-corrected chi connectivity index (χ1v) is 12.6. The minimum absolute atomic E-state index is 0.0473. The molecule has 1 saturated carbocycles. The predicted octanol–water partition coefficient (Wildman–Crippen LogP) is 3.57. The normalized spacial score (nSPS) is 26.1. The van der Waals surface area contributed by atoms with Gasteiger partial charge in [0.25, 0.3) is 5.91 Å². The summed E-state index contributed by atoms with van der Waals surface area (Å²) in [5.74, 6) is 0.174. The number of amides is 2. The van der Waals surface area contributed by atoms with Crippen LogP contribution in [0, 0.1) is 11.3 Å². The first kappa shape index (κ1) is 25.7. The van der Waals surface area contributed by atoms with Crippen molar-refractivity contribution < 1.29 is 27.5 Å². The van der Waals surface area contributed by atoms with Crippen LogP contribution >= 0.6 is 0 Å². The Hall–Kier alpha value is -2.92. The summed E-state index contributed by atoms with van der Waals surface area (Å²) in [4.78, 5) is 31.6. The minimum Gasteiger partial charge on any atom is -0.378 e. The summed E-state index contributed by atoms with van der Waals surface area (Å²) in [7, 11) is 2.01. The van der Waals surface area contributed by atoms with Crippen molar-refractivity contribution in [3.8, 4) is 0 Å². The monoisotopic (exact) mass is 519 g/mol. The molecule has 1 aromatic carbocycles. The van der Waals surface area contributed by atoms with Crippen molar-refractivity contribution in [1.29, 1.82) is 0 Å². The van der Waals surface area contributed by atoms with Crippen molar-refractivity contribution in [3.05, 3.63) is 53.3 Å². The Bertz CT molecular complexity index is 1150. The van der Waals surface area contributed by atoms with Gasteiger partial charge >= 0.3 is 12.2 Å². The number of halogens is 3.